The zero-order chi connectivity index (χ0) is 10.9. The third kappa shape index (κ3) is 5.53. The van der Waals surface area contributed by atoms with E-state index in [4.69, 9.17) is 0 Å². The highest BCUT2D eigenvalue weighted by atomic mass is 15.1. The Morgan fingerprint density at radius 2 is 1.87 bits per heavy atom. The van der Waals surface area contributed by atoms with Crippen molar-refractivity contribution in [3.63, 3.8) is 0 Å². The van der Waals surface area contributed by atoms with Crippen molar-refractivity contribution in [2.75, 3.05) is 32.7 Å². The number of hydrogen-bond acceptors (Lipinski definition) is 2. The maximum Gasteiger partial charge on any atom is -0.00157 e. The van der Waals surface area contributed by atoms with E-state index in [1.54, 1.807) is 0 Å². The van der Waals surface area contributed by atoms with E-state index in [-0.39, 0.29) is 0 Å². The van der Waals surface area contributed by atoms with Gasteiger partial charge in [-0.15, -0.1) is 0 Å². The summed E-state index contributed by atoms with van der Waals surface area (Å²) >= 11 is 0. The van der Waals surface area contributed by atoms with E-state index in [1.165, 1.54) is 64.8 Å². The molecule has 0 atom stereocenters. The number of piperidine rings is 1. The summed E-state index contributed by atoms with van der Waals surface area (Å²) in [5, 5.41) is 3.60. The molecule has 0 amide bonds. The van der Waals surface area contributed by atoms with E-state index in [0.29, 0.717) is 0 Å². The number of hydrogen-bond donors (Lipinski definition) is 1. The second-order valence-electron chi connectivity index (χ2n) is 4.79. The van der Waals surface area contributed by atoms with Crippen LogP contribution in [-0.4, -0.2) is 37.6 Å². The predicted octanol–water partition coefficient (Wildman–Crippen LogP) is 2.50. The number of rotatable bonds is 7. The molecule has 0 aromatic heterocycles. The lowest BCUT2D eigenvalue weighted by molar-refractivity contribution is 0.190. The van der Waals surface area contributed by atoms with Crippen LogP contribution in [0, 0.1) is 5.92 Å². The van der Waals surface area contributed by atoms with Gasteiger partial charge in [0.1, 0.15) is 0 Å². The molecule has 0 bridgehead atoms. The molecule has 15 heavy (non-hydrogen) atoms. The van der Waals surface area contributed by atoms with Gasteiger partial charge in [-0.05, 0) is 57.9 Å². The van der Waals surface area contributed by atoms with Crippen LogP contribution in [0.1, 0.15) is 46.0 Å². The van der Waals surface area contributed by atoms with Crippen LogP contribution in [0.3, 0.4) is 0 Å². The molecule has 0 unspecified atom stereocenters. The molecule has 0 radical (unpaired) electrons. The first-order valence-corrected chi connectivity index (χ1v) is 6.79. The van der Waals surface area contributed by atoms with E-state index in [9.17, 15) is 0 Å². The van der Waals surface area contributed by atoms with E-state index >= 15 is 0 Å². The summed E-state index contributed by atoms with van der Waals surface area (Å²) in [6.07, 6.45) is 6.85. The third-order valence-electron chi connectivity index (χ3n) is 3.54. The molecule has 2 nitrogen and oxygen atoms in total. The van der Waals surface area contributed by atoms with Gasteiger partial charge in [-0.3, -0.25) is 0 Å². The molecule has 1 fully saturated rings. The van der Waals surface area contributed by atoms with Crippen molar-refractivity contribution >= 4 is 0 Å². The molecular formula is C13H28N2. The monoisotopic (exact) mass is 212 g/mol. The molecule has 0 aliphatic carbocycles. The fourth-order valence-corrected chi connectivity index (χ4v) is 2.31. The molecule has 1 saturated heterocycles. The van der Waals surface area contributed by atoms with Gasteiger partial charge in [0.15, 0.2) is 0 Å². The van der Waals surface area contributed by atoms with Crippen LogP contribution in [0.15, 0.2) is 0 Å². The van der Waals surface area contributed by atoms with Crippen LogP contribution in [0.5, 0.6) is 0 Å². The number of unbranched alkanes of at least 4 members (excludes halogenated alkanes) is 2. The van der Waals surface area contributed by atoms with Crippen molar-refractivity contribution in [3.05, 3.63) is 0 Å². The molecule has 1 heterocycles. The second-order valence-corrected chi connectivity index (χ2v) is 4.79. The molecule has 90 valence electrons. The third-order valence-corrected chi connectivity index (χ3v) is 3.54. The van der Waals surface area contributed by atoms with E-state index in [0.717, 1.165) is 5.92 Å². The van der Waals surface area contributed by atoms with Gasteiger partial charge < -0.3 is 10.2 Å². The number of nitrogens with one attached hydrogen (secondary N) is 1. The number of nitrogens with zero attached hydrogens (tertiary/aromatic N) is 1. The largest absolute Gasteiger partial charge is 0.316 e. The van der Waals surface area contributed by atoms with Crippen molar-refractivity contribution in [1.29, 1.82) is 0 Å². The smallest absolute Gasteiger partial charge is 0.00157 e. The first-order valence-electron chi connectivity index (χ1n) is 6.79. The van der Waals surface area contributed by atoms with Crippen molar-refractivity contribution in [2.45, 2.75) is 46.0 Å². The first-order chi connectivity index (χ1) is 7.36. The van der Waals surface area contributed by atoms with Crippen LogP contribution in [0.25, 0.3) is 0 Å². The van der Waals surface area contributed by atoms with Gasteiger partial charge in [0.25, 0.3) is 0 Å². The van der Waals surface area contributed by atoms with Crippen LogP contribution >= 0.6 is 0 Å². The summed E-state index contributed by atoms with van der Waals surface area (Å²) < 4.78 is 0. The zero-order valence-electron chi connectivity index (χ0n) is 10.6. The Balaban J connectivity index is 1.94. The Hall–Kier alpha value is -0.0800. The Kier molecular flexibility index (Phi) is 7.03. The lowest BCUT2D eigenvalue weighted by Gasteiger charge is -2.31. The quantitative estimate of drug-likeness (QED) is 0.652. The molecule has 1 aliphatic rings. The van der Waals surface area contributed by atoms with Gasteiger partial charge in [-0.25, -0.2) is 0 Å². The fraction of sp³-hybridized carbons (Fsp3) is 1.00. The minimum atomic E-state index is 0.939. The highest BCUT2D eigenvalue weighted by Gasteiger charge is 2.16. The van der Waals surface area contributed by atoms with Crippen molar-refractivity contribution in [3.8, 4) is 0 Å². The maximum absolute atomic E-state index is 3.60. The summed E-state index contributed by atoms with van der Waals surface area (Å²) in [6.45, 7) is 10.9. The Morgan fingerprint density at radius 3 is 2.47 bits per heavy atom. The molecule has 0 aromatic carbocycles. The van der Waals surface area contributed by atoms with Gasteiger partial charge >= 0.3 is 0 Å². The highest BCUT2D eigenvalue weighted by molar-refractivity contribution is 4.72. The average Bonchev–Trinajstić information content (AvgIpc) is 2.30. The van der Waals surface area contributed by atoms with Gasteiger partial charge in [0, 0.05) is 0 Å². The van der Waals surface area contributed by atoms with Crippen LogP contribution < -0.4 is 5.32 Å². The van der Waals surface area contributed by atoms with Crippen LogP contribution in [0.2, 0.25) is 0 Å². The zero-order valence-corrected chi connectivity index (χ0v) is 10.6. The van der Waals surface area contributed by atoms with E-state index in [1.807, 2.05) is 0 Å². The van der Waals surface area contributed by atoms with E-state index < -0.39 is 0 Å². The minimum Gasteiger partial charge on any atom is -0.316 e. The molecule has 2 heteroatoms. The van der Waals surface area contributed by atoms with Gasteiger partial charge in [0.2, 0.25) is 0 Å². The lowest BCUT2D eigenvalue weighted by atomic mass is 9.97. The van der Waals surface area contributed by atoms with Crippen LogP contribution in [-0.2, 0) is 0 Å². The first kappa shape index (κ1) is 13.0. The normalized spacial score (nSPS) is 19.6. The van der Waals surface area contributed by atoms with Gasteiger partial charge in [-0.2, -0.15) is 0 Å². The molecule has 1 N–H and O–H groups in total. The Labute approximate surface area is 95.4 Å². The van der Waals surface area contributed by atoms with Gasteiger partial charge in [0.05, 0.1) is 0 Å². The van der Waals surface area contributed by atoms with Crippen LogP contribution in [0.4, 0.5) is 0 Å². The van der Waals surface area contributed by atoms with E-state index in [2.05, 4.69) is 24.1 Å². The van der Waals surface area contributed by atoms with Crippen molar-refractivity contribution < 1.29 is 0 Å². The fourth-order valence-electron chi connectivity index (χ4n) is 2.31. The molecular weight excluding hydrogens is 184 g/mol. The topological polar surface area (TPSA) is 15.3 Å². The van der Waals surface area contributed by atoms with Gasteiger partial charge in [-0.1, -0.05) is 26.7 Å². The molecule has 0 aromatic rings. The average molecular weight is 212 g/mol. The molecule has 0 spiro atoms. The maximum atomic E-state index is 3.60. The highest BCUT2D eigenvalue weighted by Crippen LogP contribution is 2.15. The Bertz CT molecular complexity index is 139. The SMILES string of the molecule is CCCCCNCC1CCN(CC)CC1. The molecule has 0 saturated carbocycles. The summed E-state index contributed by atoms with van der Waals surface area (Å²) in [5.41, 5.74) is 0. The summed E-state index contributed by atoms with van der Waals surface area (Å²) in [5.74, 6) is 0.939. The summed E-state index contributed by atoms with van der Waals surface area (Å²) in [4.78, 5) is 2.56. The summed E-state index contributed by atoms with van der Waals surface area (Å²) in [7, 11) is 0. The number of likely N-dealkylation sites (tertiary alicyclic amines) is 1. The Morgan fingerprint density at radius 1 is 1.13 bits per heavy atom. The predicted molar refractivity (Wildman–Crippen MR) is 67.2 cm³/mol. The second kappa shape index (κ2) is 8.12. The van der Waals surface area contributed by atoms with Crippen molar-refractivity contribution in [2.24, 2.45) is 5.92 Å². The summed E-state index contributed by atoms with van der Waals surface area (Å²) in [6, 6.07) is 0. The standard InChI is InChI=1S/C13H28N2/c1-3-5-6-9-14-12-13-7-10-15(4-2)11-8-13/h13-14H,3-12H2,1-2H3. The minimum absolute atomic E-state index is 0.939. The lowest BCUT2D eigenvalue weighted by Crippen LogP contribution is -2.37. The molecule has 1 aliphatic heterocycles. The molecule has 1 rings (SSSR count). The van der Waals surface area contributed by atoms with Crippen molar-refractivity contribution in [1.82, 2.24) is 10.2 Å².